The number of halogens is 1. The molecule has 0 spiro atoms. The van der Waals surface area contributed by atoms with E-state index in [0.717, 1.165) is 13.1 Å². The highest BCUT2D eigenvalue weighted by atomic mass is 35.5. The van der Waals surface area contributed by atoms with Crippen molar-refractivity contribution < 1.29 is 29.0 Å². The Bertz CT molecular complexity index is 916. The molecule has 2 amide bonds. The third-order valence-electron chi connectivity index (χ3n) is 5.36. The van der Waals surface area contributed by atoms with E-state index < -0.39 is 11.9 Å². The minimum absolute atomic E-state index is 0.00379. The molecule has 1 aromatic rings. The van der Waals surface area contributed by atoms with E-state index >= 15 is 0 Å². The van der Waals surface area contributed by atoms with Crippen LogP contribution in [-0.4, -0.2) is 92.8 Å². The number of anilines is 1. The first-order chi connectivity index (χ1) is 15.8. The topological polar surface area (TPSA) is 120 Å². The van der Waals surface area contributed by atoms with Gasteiger partial charge in [-0.25, -0.2) is 4.79 Å². The second kappa shape index (κ2) is 12.4. The summed E-state index contributed by atoms with van der Waals surface area (Å²) in [5.74, 6) is -1.23. The molecule has 11 heteroatoms. The van der Waals surface area contributed by atoms with Crippen LogP contribution >= 0.6 is 11.6 Å². The molecule has 3 N–H and O–H groups in total. The Kier molecular flexibility index (Phi) is 9.95. The van der Waals surface area contributed by atoms with Gasteiger partial charge in [-0.05, 0) is 19.2 Å². The number of aliphatic hydroxyl groups is 1. The number of hydrogen-bond donors (Lipinski definition) is 3. The van der Waals surface area contributed by atoms with Crippen LogP contribution in [0.5, 0.6) is 5.75 Å². The van der Waals surface area contributed by atoms with Crippen molar-refractivity contribution in [2.45, 2.75) is 13.8 Å². The van der Waals surface area contributed by atoms with Crippen LogP contribution < -0.4 is 15.4 Å². The summed E-state index contributed by atoms with van der Waals surface area (Å²) < 4.78 is 10.2. The summed E-state index contributed by atoms with van der Waals surface area (Å²) in [6.07, 6.45) is 0. The molecule has 0 bridgehead atoms. The average Bonchev–Trinajstić information content (AvgIpc) is 3.12. The number of nitrogens with one attached hydrogen (secondary N) is 2. The third-order valence-corrected chi connectivity index (χ3v) is 5.67. The number of ether oxygens (including phenoxy) is 2. The summed E-state index contributed by atoms with van der Waals surface area (Å²) in [5.41, 5.74) is 0.637. The molecule has 182 valence electrons. The van der Waals surface area contributed by atoms with Gasteiger partial charge >= 0.3 is 5.97 Å². The lowest BCUT2D eigenvalue weighted by molar-refractivity contribution is -0.136. The van der Waals surface area contributed by atoms with Gasteiger partial charge < -0.3 is 35.0 Å². The summed E-state index contributed by atoms with van der Waals surface area (Å²) in [6, 6.07) is 2.93. The standard InChI is InChI=1S/C22H31ClN4O6/c1-5-26(6-2)8-7-24-20(29)14-11-16(23)17(12-18(14)32-3)25-19-15(22(31)33-4)13-27(9-10-28)21(19)30/h11-12,25,28H,5-10,13H2,1-4H3,(H,24,29). The minimum Gasteiger partial charge on any atom is -0.496 e. The van der Waals surface area contributed by atoms with Gasteiger partial charge in [0, 0.05) is 25.7 Å². The number of carbonyl (C=O) groups excluding carboxylic acids is 3. The maximum atomic E-state index is 12.7. The van der Waals surface area contributed by atoms with Gasteiger partial charge in [-0.3, -0.25) is 9.59 Å². The minimum atomic E-state index is -0.668. The van der Waals surface area contributed by atoms with E-state index in [1.165, 1.54) is 31.3 Å². The van der Waals surface area contributed by atoms with Gasteiger partial charge in [0.1, 0.15) is 11.4 Å². The SMILES string of the molecule is CCN(CC)CCNC(=O)c1cc(Cl)c(NC2=C(C(=O)OC)CN(CCO)C2=O)cc1OC. The number of likely N-dealkylation sites (N-methyl/N-ethyl adjacent to an activating group) is 1. The van der Waals surface area contributed by atoms with E-state index in [4.69, 9.17) is 21.1 Å². The van der Waals surface area contributed by atoms with Gasteiger partial charge in [0.25, 0.3) is 11.8 Å². The molecule has 33 heavy (non-hydrogen) atoms. The maximum absolute atomic E-state index is 12.7. The zero-order valence-electron chi connectivity index (χ0n) is 19.4. The summed E-state index contributed by atoms with van der Waals surface area (Å²) in [5, 5.41) is 15.1. The number of esters is 1. The fourth-order valence-electron chi connectivity index (χ4n) is 3.44. The number of benzene rings is 1. The predicted molar refractivity (Wildman–Crippen MR) is 124 cm³/mol. The van der Waals surface area contributed by atoms with E-state index in [2.05, 4.69) is 29.4 Å². The lowest BCUT2D eigenvalue weighted by Crippen LogP contribution is -2.35. The van der Waals surface area contributed by atoms with Gasteiger partial charge in [0.15, 0.2) is 0 Å². The molecular weight excluding hydrogens is 452 g/mol. The fraction of sp³-hybridized carbons (Fsp3) is 0.500. The molecule has 0 fully saturated rings. The van der Waals surface area contributed by atoms with Crippen LogP contribution in [0.15, 0.2) is 23.4 Å². The molecule has 1 heterocycles. The second-order valence-electron chi connectivity index (χ2n) is 7.24. The van der Waals surface area contributed by atoms with Crippen molar-refractivity contribution in [3.8, 4) is 5.75 Å². The Balaban J connectivity index is 2.27. The molecule has 1 aliphatic rings. The zero-order valence-corrected chi connectivity index (χ0v) is 20.1. The molecule has 0 aliphatic carbocycles. The highest BCUT2D eigenvalue weighted by Gasteiger charge is 2.35. The Morgan fingerprint density at radius 3 is 2.52 bits per heavy atom. The highest BCUT2D eigenvalue weighted by molar-refractivity contribution is 6.34. The number of aliphatic hydroxyl groups excluding tert-OH is 1. The summed E-state index contributed by atoms with van der Waals surface area (Å²) >= 11 is 6.41. The van der Waals surface area contributed by atoms with Gasteiger partial charge in [0.05, 0.1) is 49.2 Å². The quantitative estimate of drug-likeness (QED) is 0.379. The molecule has 1 aliphatic heterocycles. The van der Waals surface area contributed by atoms with Crippen LogP contribution in [0.3, 0.4) is 0 Å². The Hall–Kier alpha value is -2.82. The first-order valence-electron chi connectivity index (χ1n) is 10.7. The number of rotatable bonds is 12. The van der Waals surface area contributed by atoms with E-state index in [0.29, 0.717) is 13.1 Å². The highest BCUT2D eigenvalue weighted by Crippen LogP contribution is 2.33. The van der Waals surface area contributed by atoms with Crippen molar-refractivity contribution in [2.75, 3.05) is 65.4 Å². The van der Waals surface area contributed by atoms with Crippen LogP contribution in [0.1, 0.15) is 24.2 Å². The smallest absolute Gasteiger partial charge is 0.337 e. The maximum Gasteiger partial charge on any atom is 0.337 e. The summed E-state index contributed by atoms with van der Waals surface area (Å²) in [6.45, 7) is 6.87. The Morgan fingerprint density at radius 1 is 1.24 bits per heavy atom. The van der Waals surface area contributed by atoms with Crippen LogP contribution in [0.4, 0.5) is 5.69 Å². The number of hydrogen-bond acceptors (Lipinski definition) is 8. The number of amides is 2. The van der Waals surface area contributed by atoms with E-state index in [9.17, 15) is 19.5 Å². The molecule has 2 rings (SSSR count). The van der Waals surface area contributed by atoms with Gasteiger partial charge in [-0.2, -0.15) is 0 Å². The van der Waals surface area contributed by atoms with Crippen molar-refractivity contribution in [3.63, 3.8) is 0 Å². The largest absolute Gasteiger partial charge is 0.496 e. The molecule has 0 radical (unpaired) electrons. The third kappa shape index (κ3) is 6.37. The van der Waals surface area contributed by atoms with Crippen LogP contribution in [0.25, 0.3) is 0 Å². The molecule has 0 saturated carbocycles. The Labute approximate surface area is 198 Å². The van der Waals surface area contributed by atoms with Gasteiger partial charge in [0.2, 0.25) is 0 Å². The normalized spacial score (nSPS) is 13.5. The number of nitrogens with zero attached hydrogens (tertiary/aromatic N) is 2. The molecule has 0 unspecified atom stereocenters. The van der Waals surface area contributed by atoms with Gasteiger partial charge in [-0.15, -0.1) is 0 Å². The first-order valence-corrected chi connectivity index (χ1v) is 11.1. The van der Waals surface area contributed by atoms with E-state index in [1.54, 1.807) is 0 Å². The molecule has 0 saturated heterocycles. The number of carbonyl (C=O) groups is 3. The van der Waals surface area contributed by atoms with E-state index in [-0.39, 0.29) is 58.9 Å². The van der Waals surface area contributed by atoms with Crippen molar-refractivity contribution in [1.29, 1.82) is 0 Å². The lowest BCUT2D eigenvalue weighted by atomic mass is 10.1. The first kappa shape index (κ1) is 26.4. The molecule has 10 nitrogen and oxygen atoms in total. The van der Waals surface area contributed by atoms with Crippen LogP contribution in [-0.2, 0) is 14.3 Å². The molecule has 0 atom stereocenters. The van der Waals surface area contributed by atoms with E-state index in [1.807, 2.05) is 0 Å². The molecular formula is C22H31ClN4O6. The second-order valence-corrected chi connectivity index (χ2v) is 7.64. The van der Waals surface area contributed by atoms with Crippen molar-refractivity contribution >= 4 is 35.1 Å². The van der Waals surface area contributed by atoms with Gasteiger partial charge in [-0.1, -0.05) is 25.4 Å². The lowest BCUT2D eigenvalue weighted by Gasteiger charge is -2.19. The zero-order chi connectivity index (χ0) is 24.5. The Morgan fingerprint density at radius 2 is 1.94 bits per heavy atom. The summed E-state index contributed by atoms with van der Waals surface area (Å²) in [7, 11) is 2.64. The molecule has 0 aromatic heterocycles. The van der Waals surface area contributed by atoms with Crippen molar-refractivity contribution in [3.05, 3.63) is 34.0 Å². The number of methoxy groups -OCH3 is 2. The van der Waals surface area contributed by atoms with Crippen molar-refractivity contribution in [1.82, 2.24) is 15.1 Å². The summed E-state index contributed by atoms with van der Waals surface area (Å²) in [4.78, 5) is 41.1. The number of β-amino-alcohol motifs (C(OH)–C–C–N with tert-alkyl or cyclic N) is 1. The molecule has 1 aromatic carbocycles. The monoisotopic (exact) mass is 482 g/mol. The van der Waals surface area contributed by atoms with Crippen molar-refractivity contribution in [2.24, 2.45) is 0 Å². The van der Waals surface area contributed by atoms with Crippen LogP contribution in [0, 0.1) is 0 Å². The van der Waals surface area contributed by atoms with Crippen LogP contribution in [0.2, 0.25) is 5.02 Å². The fourth-order valence-corrected chi connectivity index (χ4v) is 3.65. The predicted octanol–water partition coefficient (Wildman–Crippen LogP) is 1.09. The average molecular weight is 483 g/mol.